The van der Waals surface area contributed by atoms with Gasteiger partial charge in [-0.05, 0) is 29.8 Å². The van der Waals surface area contributed by atoms with Crippen molar-refractivity contribution in [1.82, 2.24) is 9.55 Å². The largest absolute Gasteiger partial charge is 0.322 e. The summed E-state index contributed by atoms with van der Waals surface area (Å²) < 4.78 is 3.10. The van der Waals surface area contributed by atoms with Crippen molar-refractivity contribution in [2.24, 2.45) is 0 Å². The summed E-state index contributed by atoms with van der Waals surface area (Å²) in [6.07, 6.45) is 0. The summed E-state index contributed by atoms with van der Waals surface area (Å²) in [5, 5.41) is 9.20. The van der Waals surface area contributed by atoms with Crippen molar-refractivity contribution in [2.75, 3.05) is 0 Å². The number of hydrogen-bond donors (Lipinski definition) is 0. The number of aromatic nitrogens is 2. The summed E-state index contributed by atoms with van der Waals surface area (Å²) in [5.41, 5.74) is 3.37. The molecule has 5 heteroatoms. The average Bonchev–Trinajstić information content (AvgIpc) is 2.85. The smallest absolute Gasteiger partial charge is 0.125 e. The van der Waals surface area contributed by atoms with Gasteiger partial charge in [-0.1, -0.05) is 34.1 Å². The van der Waals surface area contributed by atoms with Crippen molar-refractivity contribution in [1.29, 1.82) is 5.26 Å². The van der Waals surface area contributed by atoms with E-state index in [1.165, 1.54) is 0 Å². The van der Waals surface area contributed by atoms with Gasteiger partial charge in [0.25, 0.3) is 0 Å². The number of alkyl halides is 1. The zero-order chi connectivity index (χ0) is 14.8. The lowest BCUT2D eigenvalue weighted by Crippen LogP contribution is -2.03. The summed E-state index contributed by atoms with van der Waals surface area (Å²) in [6, 6.07) is 15.9. The van der Waals surface area contributed by atoms with E-state index in [2.05, 4.69) is 43.7 Å². The van der Waals surface area contributed by atoms with E-state index in [-0.39, 0.29) is 0 Å². The van der Waals surface area contributed by atoms with Gasteiger partial charge in [-0.3, -0.25) is 0 Å². The van der Waals surface area contributed by atoms with E-state index < -0.39 is 0 Å². The van der Waals surface area contributed by atoms with Crippen LogP contribution in [-0.4, -0.2) is 9.55 Å². The second kappa shape index (κ2) is 5.88. The maximum absolute atomic E-state index is 9.20. The summed E-state index contributed by atoms with van der Waals surface area (Å²) in [5.74, 6) is 1.09. The van der Waals surface area contributed by atoms with E-state index >= 15 is 0 Å². The second-order valence-electron chi connectivity index (χ2n) is 4.66. The van der Waals surface area contributed by atoms with Crippen LogP contribution in [0.5, 0.6) is 0 Å². The van der Waals surface area contributed by atoms with Crippen molar-refractivity contribution in [2.45, 2.75) is 12.4 Å². The van der Waals surface area contributed by atoms with Crippen LogP contribution < -0.4 is 0 Å². The standard InChI is InChI=1S/C16H11BrClN3/c17-13-5-1-3-11(7-13)10-21-14-6-2-4-12(9-19)16(14)20-15(21)8-18/h1-7H,8,10H2. The average molecular weight is 361 g/mol. The van der Waals surface area contributed by atoms with E-state index in [0.717, 1.165) is 21.4 Å². The Hall–Kier alpha value is -1.83. The maximum atomic E-state index is 9.20. The van der Waals surface area contributed by atoms with Gasteiger partial charge in [0.1, 0.15) is 17.4 Å². The minimum absolute atomic E-state index is 0.313. The van der Waals surface area contributed by atoms with Gasteiger partial charge in [-0.25, -0.2) is 4.98 Å². The molecule has 0 amide bonds. The van der Waals surface area contributed by atoms with Crippen molar-refractivity contribution >= 4 is 38.6 Å². The molecule has 104 valence electrons. The Balaban J connectivity index is 2.15. The normalized spacial score (nSPS) is 10.7. The van der Waals surface area contributed by atoms with Crippen LogP contribution in [0.1, 0.15) is 17.0 Å². The lowest BCUT2D eigenvalue weighted by atomic mass is 10.2. The van der Waals surface area contributed by atoms with Crippen LogP contribution in [0.15, 0.2) is 46.9 Å². The molecule has 0 aliphatic heterocycles. The molecule has 3 rings (SSSR count). The first kappa shape index (κ1) is 14.1. The number of rotatable bonds is 3. The Morgan fingerprint density at radius 3 is 2.76 bits per heavy atom. The topological polar surface area (TPSA) is 41.6 Å². The number of fused-ring (bicyclic) bond motifs is 1. The molecule has 0 N–H and O–H groups in total. The summed E-state index contributed by atoms with van der Waals surface area (Å²) >= 11 is 9.50. The third kappa shape index (κ3) is 2.67. The van der Waals surface area contributed by atoms with Crippen molar-refractivity contribution in [3.05, 3.63) is 63.9 Å². The fourth-order valence-electron chi connectivity index (χ4n) is 2.38. The van der Waals surface area contributed by atoms with Crippen LogP contribution in [0, 0.1) is 11.3 Å². The molecule has 0 saturated heterocycles. The predicted molar refractivity (Wildman–Crippen MR) is 87.2 cm³/mol. The first-order chi connectivity index (χ1) is 10.2. The van der Waals surface area contributed by atoms with Gasteiger partial charge in [0.05, 0.1) is 17.0 Å². The van der Waals surface area contributed by atoms with E-state index in [9.17, 15) is 5.26 Å². The van der Waals surface area contributed by atoms with E-state index in [0.29, 0.717) is 23.5 Å². The third-order valence-electron chi connectivity index (χ3n) is 3.33. The van der Waals surface area contributed by atoms with E-state index in [4.69, 9.17) is 11.6 Å². The summed E-state index contributed by atoms with van der Waals surface area (Å²) in [6.45, 7) is 0.673. The van der Waals surface area contributed by atoms with Crippen LogP contribution in [0.4, 0.5) is 0 Å². The highest BCUT2D eigenvalue weighted by Crippen LogP contribution is 2.23. The highest BCUT2D eigenvalue weighted by Gasteiger charge is 2.13. The van der Waals surface area contributed by atoms with E-state index in [1.807, 2.05) is 24.3 Å². The molecule has 0 unspecified atom stereocenters. The van der Waals surface area contributed by atoms with Crippen LogP contribution >= 0.6 is 27.5 Å². The Morgan fingerprint density at radius 2 is 2.05 bits per heavy atom. The Bertz CT molecular complexity index is 848. The maximum Gasteiger partial charge on any atom is 0.125 e. The number of benzene rings is 2. The molecule has 0 aliphatic carbocycles. The molecular formula is C16H11BrClN3. The number of nitrogens with zero attached hydrogens (tertiary/aromatic N) is 3. The fourth-order valence-corrected chi connectivity index (χ4v) is 3.03. The molecule has 21 heavy (non-hydrogen) atoms. The number of hydrogen-bond acceptors (Lipinski definition) is 2. The van der Waals surface area contributed by atoms with E-state index in [1.54, 1.807) is 6.07 Å². The molecule has 1 heterocycles. The Morgan fingerprint density at radius 1 is 1.24 bits per heavy atom. The van der Waals surface area contributed by atoms with Gasteiger partial charge in [0, 0.05) is 11.0 Å². The molecule has 1 aromatic heterocycles. The minimum Gasteiger partial charge on any atom is -0.322 e. The third-order valence-corrected chi connectivity index (χ3v) is 4.06. The zero-order valence-electron chi connectivity index (χ0n) is 11.1. The summed E-state index contributed by atoms with van der Waals surface area (Å²) in [7, 11) is 0. The molecule has 0 fully saturated rings. The zero-order valence-corrected chi connectivity index (χ0v) is 13.4. The monoisotopic (exact) mass is 359 g/mol. The number of para-hydroxylation sites is 1. The van der Waals surface area contributed by atoms with Crippen molar-refractivity contribution in [3.8, 4) is 6.07 Å². The molecule has 3 nitrogen and oxygen atoms in total. The Labute approximate surface area is 135 Å². The van der Waals surface area contributed by atoms with Crippen LogP contribution in [-0.2, 0) is 12.4 Å². The van der Waals surface area contributed by atoms with Gasteiger partial charge < -0.3 is 4.57 Å². The molecular weight excluding hydrogens is 350 g/mol. The van der Waals surface area contributed by atoms with Gasteiger partial charge in [0.15, 0.2) is 0 Å². The first-order valence-corrected chi connectivity index (χ1v) is 7.74. The molecule has 2 aromatic carbocycles. The molecule has 0 spiro atoms. The molecule has 0 bridgehead atoms. The molecule has 0 atom stereocenters. The lowest BCUT2D eigenvalue weighted by Gasteiger charge is -2.08. The molecule has 0 aliphatic rings. The van der Waals surface area contributed by atoms with Crippen LogP contribution in [0.3, 0.4) is 0 Å². The second-order valence-corrected chi connectivity index (χ2v) is 5.85. The number of halogens is 2. The fraction of sp³-hybridized carbons (Fsp3) is 0.125. The van der Waals surface area contributed by atoms with Gasteiger partial charge in [-0.15, -0.1) is 11.6 Å². The van der Waals surface area contributed by atoms with Gasteiger partial charge >= 0.3 is 0 Å². The molecule has 0 saturated carbocycles. The Kier molecular flexibility index (Phi) is 3.96. The van der Waals surface area contributed by atoms with Gasteiger partial charge in [0.2, 0.25) is 0 Å². The summed E-state index contributed by atoms with van der Waals surface area (Å²) in [4.78, 5) is 4.52. The first-order valence-electron chi connectivity index (χ1n) is 6.41. The quantitative estimate of drug-likeness (QED) is 0.647. The van der Waals surface area contributed by atoms with Crippen LogP contribution in [0.2, 0.25) is 0 Å². The molecule has 0 radical (unpaired) electrons. The predicted octanol–water partition coefficient (Wildman–Crippen LogP) is 4.46. The van der Waals surface area contributed by atoms with Crippen molar-refractivity contribution in [3.63, 3.8) is 0 Å². The minimum atomic E-state index is 0.313. The highest BCUT2D eigenvalue weighted by atomic mass is 79.9. The lowest BCUT2D eigenvalue weighted by molar-refractivity contribution is 0.778. The van der Waals surface area contributed by atoms with Crippen LogP contribution in [0.25, 0.3) is 11.0 Å². The highest BCUT2D eigenvalue weighted by molar-refractivity contribution is 9.10. The molecule has 3 aromatic rings. The number of nitriles is 1. The van der Waals surface area contributed by atoms with Gasteiger partial charge in [-0.2, -0.15) is 5.26 Å². The SMILES string of the molecule is N#Cc1cccc2c1nc(CCl)n2Cc1cccc(Br)c1. The number of imidazole rings is 1. The van der Waals surface area contributed by atoms with Crippen molar-refractivity contribution < 1.29 is 0 Å².